The van der Waals surface area contributed by atoms with Gasteiger partial charge in [-0.25, -0.2) is 8.42 Å². The van der Waals surface area contributed by atoms with Crippen LogP contribution in [0.5, 0.6) is 0 Å². The Kier molecular flexibility index (Phi) is 5.83. The molecule has 0 unspecified atom stereocenters. The Morgan fingerprint density at radius 3 is 2.60 bits per heavy atom. The van der Waals surface area contributed by atoms with Crippen molar-refractivity contribution in [1.82, 2.24) is 0 Å². The average molecular weight is 319 g/mol. The third-order valence-corrected chi connectivity index (χ3v) is 4.44. The first-order valence-electron chi connectivity index (χ1n) is 6.25. The van der Waals surface area contributed by atoms with Crippen molar-refractivity contribution in [2.45, 2.75) is 20.3 Å². The standard InChI is InChI=1S/C13H19ClN2O3S/c1-9(2)5-6-20(18,19)8-13(17)16-12-4-3-10(14)7-11(12)15/h3-4,7,9H,5-6,8,15H2,1-2H3,(H,16,17). The van der Waals surface area contributed by atoms with Crippen LogP contribution in [0.15, 0.2) is 18.2 Å². The SMILES string of the molecule is CC(C)CCS(=O)(=O)CC(=O)Nc1ccc(Cl)cc1N. The number of hydrogen-bond donors (Lipinski definition) is 2. The van der Waals surface area contributed by atoms with E-state index in [1.807, 2.05) is 13.8 Å². The van der Waals surface area contributed by atoms with Crippen molar-refractivity contribution in [3.05, 3.63) is 23.2 Å². The van der Waals surface area contributed by atoms with Crippen LogP contribution >= 0.6 is 11.6 Å². The first kappa shape index (κ1) is 16.8. The second-order valence-electron chi connectivity index (χ2n) is 5.05. The van der Waals surface area contributed by atoms with Gasteiger partial charge in [0, 0.05) is 5.02 Å². The van der Waals surface area contributed by atoms with Crippen LogP contribution in [-0.2, 0) is 14.6 Å². The molecule has 0 atom stereocenters. The van der Waals surface area contributed by atoms with Crippen LogP contribution in [0, 0.1) is 5.92 Å². The van der Waals surface area contributed by atoms with E-state index in [0.717, 1.165) is 0 Å². The van der Waals surface area contributed by atoms with Crippen molar-refractivity contribution in [2.75, 3.05) is 22.6 Å². The first-order chi connectivity index (χ1) is 9.19. The van der Waals surface area contributed by atoms with E-state index in [9.17, 15) is 13.2 Å². The van der Waals surface area contributed by atoms with Crippen molar-refractivity contribution in [3.8, 4) is 0 Å². The van der Waals surface area contributed by atoms with Crippen LogP contribution in [0.1, 0.15) is 20.3 Å². The summed E-state index contributed by atoms with van der Waals surface area (Å²) >= 11 is 5.74. The molecule has 0 fully saturated rings. The monoisotopic (exact) mass is 318 g/mol. The lowest BCUT2D eigenvalue weighted by molar-refractivity contribution is -0.113. The van der Waals surface area contributed by atoms with Crippen LogP contribution in [0.2, 0.25) is 5.02 Å². The number of nitrogens with one attached hydrogen (secondary N) is 1. The fraction of sp³-hybridized carbons (Fsp3) is 0.462. The second kappa shape index (κ2) is 6.95. The highest BCUT2D eigenvalue weighted by Gasteiger charge is 2.17. The molecule has 0 bridgehead atoms. The van der Waals surface area contributed by atoms with Gasteiger partial charge < -0.3 is 11.1 Å². The van der Waals surface area contributed by atoms with Crippen LogP contribution in [-0.4, -0.2) is 25.8 Å². The Morgan fingerprint density at radius 1 is 1.40 bits per heavy atom. The number of rotatable bonds is 6. The molecule has 0 aliphatic rings. The molecule has 1 amide bonds. The molecule has 0 spiro atoms. The normalized spacial score (nSPS) is 11.6. The molecule has 0 radical (unpaired) electrons. The number of nitrogens with two attached hydrogens (primary N) is 1. The van der Waals surface area contributed by atoms with Gasteiger partial charge in [0.25, 0.3) is 0 Å². The summed E-state index contributed by atoms with van der Waals surface area (Å²) in [7, 11) is -3.40. The molecule has 5 nitrogen and oxygen atoms in total. The van der Waals surface area contributed by atoms with E-state index in [0.29, 0.717) is 22.8 Å². The third-order valence-electron chi connectivity index (χ3n) is 2.64. The lowest BCUT2D eigenvalue weighted by Gasteiger charge is -2.09. The van der Waals surface area contributed by atoms with Gasteiger partial charge >= 0.3 is 0 Å². The highest BCUT2D eigenvalue weighted by atomic mass is 35.5. The van der Waals surface area contributed by atoms with Crippen molar-refractivity contribution in [2.24, 2.45) is 5.92 Å². The molecule has 0 aliphatic heterocycles. The number of carbonyl (C=O) groups is 1. The molecule has 0 heterocycles. The van der Waals surface area contributed by atoms with Gasteiger partial charge in [-0.1, -0.05) is 25.4 Å². The highest BCUT2D eigenvalue weighted by Crippen LogP contribution is 2.22. The lowest BCUT2D eigenvalue weighted by Crippen LogP contribution is -2.25. The molecule has 0 aromatic heterocycles. The predicted octanol–water partition coefficient (Wildman–Crippen LogP) is 2.32. The summed E-state index contributed by atoms with van der Waals surface area (Å²) in [6, 6.07) is 4.60. The fourth-order valence-corrected chi connectivity index (χ4v) is 3.15. The third kappa shape index (κ3) is 5.79. The molecule has 0 saturated carbocycles. The first-order valence-corrected chi connectivity index (χ1v) is 8.45. The fourth-order valence-electron chi connectivity index (χ4n) is 1.52. The van der Waals surface area contributed by atoms with Crippen molar-refractivity contribution >= 4 is 38.7 Å². The van der Waals surface area contributed by atoms with E-state index in [1.165, 1.54) is 12.1 Å². The van der Waals surface area contributed by atoms with Crippen molar-refractivity contribution in [3.63, 3.8) is 0 Å². The van der Waals surface area contributed by atoms with Gasteiger partial charge in [-0.3, -0.25) is 4.79 Å². The molecule has 1 rings (SSSR count). The smallest absolute Gasteiger partial charge is 0.239 e. The molecule has 3 N–H and O–H groups in total. The molecule has 20 heavy (non-hydrogen) atoms. The van der Waals surface area contributed by atoms with Crippen LogP contribution in [0.3, 0.4) is 0 Å². The summed E-state index contributed by atoms with van der Waals surface area (Å²) in [5, 5.41) is 2.93. The van der Waals surface area contributed by atoms with E-state index in [4.69, 9.17) is 17.3 Å². The minimum absolute atomic E-state index is 0.00812. The molecule has 0 aliphatic carbocycles. The molecule has 0 saturated heterocycles. The summed E-state index contributed by atoms with van der Waals surface area (Å²) in [6.45, 7) is 3.87. The summed E-state index contributed by atoms with van der Waals surface area (Å²) in [5.74, 6) is -0.849. The number of anilines is 2. The molecule has 1 aromatic carbocycles. The minimum Gasteiger partial charge on any atom is -0.397 e. The van der Waals surface area contributed by atoms with E-state index < -0.39 is 21.5 Å². The van der Waals surface area contributed by atoms with E-state index in [2.05, 4.69) is 5.32 Å². The predicted molar refractivity (Wildman–Crippen MR) is 82.6 cm³/mol. The topological polar surface area (TPSA) is 89.3 Å². The van der Waals surface area contributed by atoms with Gasteiger partial charge in [0.2, 0.25) is 5.91 Å². The van der Waals surface area contributed by atoms with Crippen LogP contribution in [0.25, 0.3) is 0 Å². The quantitative estimate of drug-likeness (QED) is 0.788. The largest absolute Gasteiger partial charge is 0.397 e. The van der Waals surface area contributed by atoms with Gasteiger partial charge in [0.15, 0.2) is 9.84 Å². The number of nitrogen functional groups attached to an aromatic ring is 1. The lowest BCUT2D eigenvalue weighted by atomic mass is 10.2. The number of benzene rings is 1. The summed E-state index contributed by atoms with van der Waals surface area (Å²) in [6.07, 6.45) is 0.540. The number of hydrogen-bond acceptors (Lipinski definition) is 4. The summed E-state index contributed by atoms with van der Waals surface area (Å²) in [4.78, 5) is 11.7. The zero-order chi connectivity index (χ0) is 15.3. The molecule has 1 aromatic rings. The Morgan fingerprint density at radius 2 is 2.05 bits per heavy atom. The van der Waals surface area contributed by atoms with Gasteiger partial charge in [0.05, 0.1) is 17.1 Å². The Bertz CT molecular complexity index is 585. The summed E-state index contributed by atoms with van der Waals surface area (Å²) < 4.78 is 23.5. The van der Waals surface area contributed by atoms with E-state index >= 15 is 0 Å². The van der Waals surface area contributed by atoms with Crippen molar-refractivity contribution < 1.29 is 13.2 Å². The maximum absolute atomic E-state index is 11.8. The van der Waals surface area contributed by atoms with E-state index in [-0.39, 0.29) is 11.7 Å². The number of sulfone groups is 1. The van der Waals surface area contributed by atoms with Crippen molar-refractivity contribution in [1.29, 1.82) is 0 Å². The maximum Gasteiger partial charge on any atom is 0.239 e. The molecular weight excluding hydrogens is 300 g/mol. The van der Waals surface area contributed by atoms with Crippen LogP contribution < -0.4 is 11.1 Å². The molecule has 7 heteroatoms. The highest BCUT2D eigenvalue weighted by molar-refractivity contribution is 7.92. The average Bonchev–Trinajstić information content (AvgIpc) is 2.30. The number of amides is 1. The Labute approximate surface area is 124 Å². The van der Waals surface area contributed by atoms with Gasteiger partial charge in [-0.05, 0) is 30.5 Å². The Hall–Kier alpha value is -1.27. The second-order valence-corrected chi connectivity index (χ2v) is 7.67. The minimum atomic E-state index is -3.40. The number of halogens is 1. The van der Waals surface area contributed by atoms with Gasteiger partial charge in [-0.15, -0.1) is 0 Å². The van der Waals surface area contributed by atoms with Gasteiger partial charge in [-0.2, -0.15) is 0 Å². The number of carbonyl (C=O) groups excluding carboxylic acids is 1. The van der Waals surface area contributed by atoms with E-state index in [1.54, 1.807) is 6.07 Å². The molecular formula is C13H19ClN2O3S. The Balaban J connectivity index is 2.63. The zero-order valence-electron chi connectivity index (χ0n) is 11.5. The van der Waals surface area contributed by atoms with Gasteiger partial charge in [0.1, 0.15) is 5.75 Å². The maximum atomic E-state index is 11.8. The zero-order valence-corrected chi connectivity index (χ0v) is 13.1. The molecule has 112 valence electrons. The van der Waals surface area contributed by atoms with Crippen LogP contribution in [0.4, 0.5) is 11.4 Å². The summed E-state index contributed by atoms with van der Waals surface area (Å²) in [5.41, 5.74) is 6.34.